The van der Waals surface area contributed by atoms with E-state index < -0.39 is 4.92 Å². The number of nitrogens with zero attached hydrogens (tertiary/aromatic N) is 4. The summed E-state index contributed by atoms with van der Waals surface area (Å²) in [6.45, 7) is -0.0303. The molecule has 0 aromatic carbocycles. The smallest absolute Gasteiger partial charge is 0.329 e. The molecule has 1 heterocycles. The number of aromatic nitrogens is 2. The summed E-state index contributed by atoms with van der Waals surface area (Å²) in [6.07, 6.45) is 1.11. The maximum atomic E-state index is 11.2. The Hall–Kier alpha value is -2.45. The minimum atomic E-state index is -0.588. The normalized spacial score (nSPS) is 9.72. The van der Waals surface area contributed by atoms with Gasteiger partial charge in [-0.25, -0.2) is 4.98 Å². The van der Waals surface area contributed by atoms with Gasteiger partial charge in [-0.3, -0.25) is 14.9 Å². The van der Waals surface area contributed by atoms with Crippen LogP contribution in [0.2, 0.25) is 0 Å². The van der Waals surface area contributed by atoms with Crippen molar-refractivity contribution in [2.24, 2.45) is 0 Å². The van der Waals surface area contributed by atoms with E-state index >= 15 is 0 Å². The summed E-state index contributed by atoms with van der Waals surface area (Å²) < 4.78 is 0. The molecule has 2 N–H and O–H groups in total. The molecule has 1 rings (SSSR count). The van der Waals surface area contributed by atoms with E-state index in [1.165, 1.54) is 11.9 Å². The van der Waals surface area contributed by atoms with E-state index in [4.69, 9.17) is 0 Å². The molecule has 1 aromatic rings. The molecule has 9 nitrogen and oxygen atoms in total. The van der Waals surface area contributed by atoms with Crippen LogP contribution >= 0.6 is 0 Å². The Labute approximate surface area is 103 Å². The Balaban J connectivity index is 3.10. The van der Waals surface area contributed by atoms with Crippen LogP contribution < -0.4 is 15.5 Å². The fourth-order valence-corrected chi connectivity index (χ4v) is 1.27. The highest BCUT2D eigenvalue weighted by Gasteiger charge is 2.21. The maximum Gasteiger partial charge on any atom is 0.329 e. The van der Waals surface area contributed by atoms with Crippen molar-refractivity contribution in [3.63, 3.8) is 0 Å². The number of hydrogen-bond donors (Lipinski definition) is 2. The molecule has 0 fully saturated rings. The third kappa shape index (κ3) is 3.03. The molecule has 0 spiro atoms. The van der Waals surface area contributed by atoms with Gasteiger partial charge in [-0.2, -0.15) is 4.98 Å². The highest BCUT2D eigenvalue weighted by Crippen LogP contribution is 2.24. The lowest BCUT2D eigenvalue weighted by molar-refractivity contribution is -0.384. The highest BCUT2D eigenvalue weighted by molar-refractivity contribution is 5.81. The van der Waals surface area contributed by atoms with Gasteiger partial charge in [-0.1, -0.05) is 0 Å². The molecule has 0 aliphatic carbocycles. The van der Waals surface area contributed by atoms with Crippen molar-refractivity contribution in [3.8, 4) is 0 Å². The first-order chi connectivity index (χ1) is 8.49. The third-order valence-corrected chi connectivity index (χ3v) is 2.19. The second kappa shape index (κ2) is 5.75. The lowest BCUT2D eigenvalue weighted by Gasteiger charge is -2.17. The summed E-state index contributed by atoms with van der Waals surface area (Å²) >= 11 is 0. The van der Waals surface area contributed by atoms with Crippen LogP contribution in [-0.4, -0.2) is 48.5 Å². The minimum absolute atomic E-state index is 0.0303. The average Bonchev–Trinajstić information content (AvgIpc) is 2.37. The molecule has 9 heteroatoms. The topological polar surface area (TPSA) is 113 Å². The number of hydrogen-bond acceptors (Lipinski definition) is 7. The van der Waals surface area contributed by atoms with Crippen molar-refractivity contribution in [2.45, 2.75) is 0 Å². The van der Waals surface area contributed by atoms with Crippen molar-refractivity contribution < 1.29 is 9.72 Å². The Bertz CT molecular complexity index is 464. The maximum absolute atomic E-state index is 11.2. The van der Waals surface area contributed by atoms with Crippen molar-refractivity contribution in [2.75, 3.05) is 37.9 Å². The lowest BCUT2D eigenvalue weighted by atomic mass is 10.4. The minimum Gasteiger partial charge on any atom is -0.358 e. The van der Waals surface area contributed by atoms with Crippen LogP contribution in [0.3, 0.4) is 0 Å². The van der Waals surface area contributed by atoms with Gasteiger partial charge in [0.25, 0.3) is 0 Å². The van der Waals surface area contributed by atoms with Crippen LogP contribution in [0.5, 0.6) is 0 Å². The molecular formula is C9H14N6O3. The average molecular weight is 254 g/mol. The van der Waals surface area contributed by atoms with Crippen molar-refractivity contribution >= 4 is 23.4 Å². The fourth-order valence-electron chi connectivity index (χ4n) is 1.27. The molecule has 0 saturated heterocycles. The summed E-state index contributed by atoms with van der Waals surface area (Å²) in [7, 11) is 4.64. The van der Waals surface area contributed by atoms with E-state index in [-0.39, 0.29) is 29.9 Å². The molecule has 1 amide bonds. The largest absolute Gasteiger partial charge is 0.358 e. The number of nitrogens with one attached hydrogen (secondary N) is 2. The van der Waals surface area contributed by atoms with Gasteiger partial charge in [0.2, 0.25) is 17.7 Å². The second-order valence-electron chi connectivity index (χ2n) is 3.44. The van der Waals surface area contributed by atoms with Gasteiger partial charge in [0.05, 0.1) is 11.5 Å². The van der Waals surface area contributed by atoms with Gasteiger partial charge < -0.3 is 15.5 Å². The summed E-state index contributed by atoms with van der Waals surface area (Å²) in [5, 5.41) is 16.0. The van der Waals surface area contributed by atoms with Gasteiger partial charge in [0, 0.05) is 21.1 Å². The zero-order valence-electron chi connectivity index (χ0n) is 10.3. The van der Waals surface area contributed by atoms with E-state index in [9.17, 15) is 14.9 Å². The Kier molecular flexibility index (Phi) is 4.35. The molecule has 0 aliphatic rings. The molecule has 0 saturated carbocycles. The quantitative estimate of drug-likeness (QED) is 0.543. The summed E-state index contributed by atoms with van der Waals surface area (Å²) in [5.41, 5.74) is -0.250. The van der Waals surface area contributed by atoms with Crippen molar-refractivity contribution in [1.82, 2.24) is 15.3 Å². The molecule has 0 bridgehead atoms. The number of carbonyl (C=O) groups excluding carboxylic acids is 1. The van der Waals surface area contributed by atoms with Crippen LogP contribution in [0.25, 0.3) is 0 Å². The first-order valence-corrected chi connectivity index (χ1v) is 5.10. The van der Waals surface area contributed by atoms with Crippen LogP contribution in [0.1, 0.15) is 0 Å². The number of carbonyl (C=O) groups is 1. The summed E-state index contributed by atoms with van der Waals surface area (Å²) in [5.74, 6) is 0.0683. The van der Waals surface area contributed by atoms with Gasteiger partial charge in [-0.15, -0.1) is 0 Å². The summed E-state index contributed by atoms with van der Waals surface area (Å²) in [4.78, 5) is 30.7. The van der Waals surface area contributed by atoms with E-state index in [1.54, 1.807) is 14.1 Å². The van der Waals surface area contributed by atoms with Crippen molar-refractivity contribution in [3.05, 3.63) is 16.3 Å². The molecule has 0 aliphatic heterocycles. The monoisotopic (exact) mass is 254 g/mol. The molecule has 98 valence electrons. The predicted molar refractivity (Wildman–Crippen MR) is 65.6 cm³/mol. The Morgan fingerprint density at radius 1 is 1.56 bits per heavy atom. The van der Waals surface area contributed by atoms with Gasteiger partial charge in [0.15, 0.2) is 0 Å². The predicted octanol–water partition coefficient (Wildman–Crippen LogP) is -0.391. The van der Waals surface area contributed by atoms with Gasteiger partial charge >= 0.3 is 5.69 Å². The zero-order chi connectivity index (χ0) is 13.7. The van der Waals surface area contributed by atoms with E-state index in [0.717, 1.165) is 6.20 Å². The van der Waals surface area contributed by atoms with Crippen molar-refractivity contribution in [1.29, 1.82) is 0 Å². The van der Waals surface area contributed by atoms with Gasteiger partial charge in [-0.05, 0) is 0 Å². The first kappa shape index (κ1) is 13.6. The highest BCUT2D eigenvalue weighted by atomic mass is 16.6. The molecular weight excluding hydrogens is 240 g/mol. The molecule has 1 aromatic heterocycles. The second-order valence-corrected chi connectivity index (χ2v) is 3.44. The standard InChI is InChI=1S/C9H14N6O3/c1-10-7(16)5-14(3)8-6(15(17)18)4-12-9(11-2)13-8/h4H,5H2,1-3H3,(H,10,16)(H,11,12,13). The SMILES string of the molecule is CNC(=O)CN(C)c1nc(NC)ncc1[N+](=O)[O-]. The van der Waals surface area contributed by atoms with Crippen LogP contribution in [0.4, 0.5) is 17.5 Å². The number of likely N-dealkylation sites (N-methyl/N-ethyl adjacent to an activating group) is 2. The van der Waals surface area contributed by atoms with Gasteiger partial charge in [0.1, 0.15) is 6.20 Å². The molecule has 0 radical (unpaired) electrons. The third-order valence-electron chi connectivity index (χ3n) is 2.19. The molecule has 0 atom stereocenters. The Morgan fingerprint density at radius 2 is 2.22 bits per heavy atom. The van der Waals surface area contributed by atoms with Crippen LogP contribution in [0.15, 0.2) is 6.20 Å². The first-order valence-electron chi connectivity index (χ1n) is 5.10. The number of anilines is 2. The number of rotatable bonds is 5. The Morgan fingerprint density at radius 3 is 2.72 bits per heavy atom. The number of nitro groups is 1. The van der Waals surface area contributed by atoms with E-state index in [0.29, 0.717) is 0 Å². The van der Waals surface area contributed by atoms with E-state index in [2.05, 4.69) is 20.6 Å². The number of amides is 1. The van der Waals surface area contributed by atoms with E-state index in [1.807, 2.05) is 0 Å². The molecule has 18 heavy (non-hydrogen) atoms. The van der Waals surface area contributed by atoms with Crippen LogP contribution in [-0.2, 0) is 4.79 Å². The molecule has 0 unspecified atom stereocenters. The fraction of sp³-hybridized carbons (Fsp3) is 0.444. The van der Waals surface area contributed by atoms with Crippen LogP contribution in [0, 0.1) is 10.1 Å². The summed E-state index contributed by atoms with van der Waals surface area (Å²) in [6, 6.07) is 0. The lowest BCUT2D eigenvalue weighted by Crippen LogP contribution is -2.33. The zero-order valence-corrected chi connectivity index (χ0v) is 10.3.